The van der Waals surface area contributed by atoms with Gasteiger partial charge in [0.2, 0.25) is 5.91 Å². The number of amides is 2. The van der Waals surface area contributed by atoms with Crippen LogP contribution in [0.3, 0.4) is 0 Å². The Bertz CT molecular complexity index is 1280. The number of fused-ring (bicyclic) bond motifs is 2. The number of halogens is 3. The van der Waals surface area contributed by atoms with Crippen molar-refractivity contribution in [2.24, 2.45) is 0 Å². The fraction of sp³-hybridized carbons (Fsp3) is 0.400. The van der Waals surface area contributed by atoms with Gasteiger partial charge in [-0.15, -0.1) is 0 Å². The number of carbonyl (C=O) groups is 2. The van der Waals surface area contributed by atoms with Crippen molar-refractivity contribution in [1.82, 2.24) is 9.80 Å². The fourth-order valence-electron chi connectivity index (χ4n) is 5.41. The van der Waals surface area contributed by atoms with Gasteiger partial charge in [0.25, 0.3) is 0 Å². The molecular formula is C30H34Cl2FN3O3. The Morgan fingerprint density at radius 1 is 1.21 bits per heavy atom. The standard InChI is InChI=1S/C30H34Cl2FN3O3/c1-5-20(3)19-36(6-2)28(37)23(21-7-9-25(31)26(32)17-21)11-14-35-15-12-30(13-16-35)24-18-22(33)8-10-27(24)34(4)29(38)39-30/h5,7-10,17-18,23H,1,3,6,11-16,19H2,2,4H3. The van der Waals surface area contributed by atoms with E-state index in [0.717, 1.165) is 11.1 Å². The quantitative estimate of drug-likeness (QED) is 0.310. The van der Waals surface area contributed by atoms with Crippen LogP contribution in [0.4, 0.5) is 14.9 Å². The summed E-state index contributed by atoms with van der Waals surface area (Å²) in [4.78, 5) is 31.8. The predicted molar refractivity (Wildman–Crippen MR) is 154 cm³/mol. The van der Waals surface area contributed by atoms with Crippen LogP contribution in [0.1, 0.15) is 43.2 Å². The van der Waals surface area contributed by atoms with E-state index in [-0.39, 0.29) is 11.7 Å². The minimum Gasteiger partial charge on any atom is -0.437 e. The van der Waals surface area contributed by atoms with Gasteiger partial charge in [-0.05, 0) is 61.4 Å². The lowest BCUT2D eigenvalue weighted by atomic mass is 9.81. The van der Waals surface area contributed by atoms with Gasteiger partial charge in [-0.1, -0.05) is 48.5 Å². The van der Waals surface area contributed by atoms with Crippen LogP contribution in [0.2, 0.25) is 10.0 Å². The molecule has 0 bridgehead atoms. The van der Waals surface area contributed by atoms with Crippen molar-refractivity contribution in [1.29, 1.82) is 0 Å². The molecule has 39 heavy (non-hydrogen) atoms. The smallest absolute Gasteiger partial charge is 0.414 e. The summed E-state index contributed by atoms with van der Waals surface area (Å²) in [6.07, 6.45) is 2.86. The van der Waals surface area contributed by atoms with E-state index in [1.165, 1.54) is 17.0 Å². The van der Waals surface area contributed by atoms with Gasteiger partial charge in [-0.2, -0.15) is 0 Å². The second kappa shape index (κ2) is 12.1. The minimum absolute atomic E-state index is 0.0129. The number of carbonyl (C=O) groups excluding carboxylic acids is 2. The van der Waals surface area contributed by atoms with E-state index in [2.05, 4.69) is 18.1 Å². The molecule has 0 aliphatic carbocycles. The Balaban J connectivity index is 1.50. The zero-order valence-corrected chi connectivity index (χ0v) is 23.9. The third kappa shape index (κ3) is 6.16. The molecule has 1 atom stereocenters. The number of ether oxygens (including phenoxy) is 1. The Hall–Kier alpha value is -2.87. The number of anilines is 1. The zero-order valence-electron chi connectivity index (χ0n) is 22.4. The molecule has 2 amide bonds. The van der Waals surface area contributed by atoms with Crippen LogP contribution in [0.25, 0.3) is 0 Å². The molecule has 1 fully saturated rings. The molecular weight excluding hydrogens is 540 g/mol. The molecule has 0 aromatic heterocycles. The van der Waals surface area contributed by atoms with Crippen molar-refractivity contribution in [2.75, 3.05) is 44.7 Å². The van der Waals surface area contributed by atoms with Crippen LogP contribution in [0.15, 0.2) is 61.2 Å². The van der Waals surface area contributed by atoms with Crippen molar-refractivity contribution in [3.05, 3.63) is 88.2 Å². The van der Waals surface area contributed by atoms with Crippen molar-refractivity contribution >= 4 is 40.9 Å². The zero-order chi connectivity index (χ0) is 28.3. The molecule has 0 N–H and O–H groups in total. The van der Waals surface area contributed by atoms with Gasteiger partial charge >= 0.3 is 6.09 Å². The minimum atomic E-state index is -0.861. The van der Waals surface area contributed by atoms with Gasteiger partial charge in [0, 0.05) is 51.6 Å². The number of piperidine rings is 1. The first kappa shape index (κ1) is 29.1. The van der Waals surface area contributed by atoms with Crippen molar-refractivity contribution < 1.29 is 18.7 Å². The van der Waals surface area contributed by atoms with Crippen molar-refractivity contribution in [3.63, 3.8) is 0 Å². The molecule has 2 aromatic carbocycles. The first-order chi connectivity index (χ1) is 18.6. The van der Waals surface area contributed by atoms with Gasteiger partial charge in [-0.3, -0.25) is 9.69 Å². The molecule has 0 saturated carbocycles. The molecule has 1 unspecified atom stereocenters. The molecule has 1 saturated heterocycles. The summed E-state index contributed by atoms with van der Waals surface area (Å²) in [5.41, 5.74) is 2.09. The van der Waals surface area contributed by atoms with Gasteiger partial charge in [0.05, 0.1) is 21.7 Å². The van der Waals surface area contributed by atoms with E-state index < -0.39 is 17.6 Å². The van der Waals surface area contributed by atoms with Crippen molar-refractivity contribution in [2.45, 2.75) is 37.7 Å². The van der Waals surface area contributed by atoms with E-state index in [4.69, 9.17) is 27.9 Å². The van der Waals surface area contributed by atoms with Crippen LogP contribution in [0.5, 0.6) is 0 Å². The summed E-state index contributed by atoms with van der Waals surface area (Å²) in [5.74, 6) is -0.797. The molecule has 6 nitrogen and oxygen atoms in total. The van der Waals surface area contributed by atoms with Gasteiger partial charge in [0.1, 0.15) is 11.4 Å². The van der Waals surface area contributed by atoms with E-state index >= 15 is 0 Å². The first-order valence-corrected chi connectivity index (χ1v) is 13.9. The van der Waals surface area contributed by atoms with Crippen LogP contribution < -0.4 is 4.90 Å². The van der Waals surface area contributed by atoms with Crippen LogP contribution in [-0.4, -0.2) is 61.6 Å². The Labute approximate surface area is 239 Å². The topological polar surface area (TPSA) is 53.1 Å². The van der Waals surface area contributed by atoms with E-state index in [1.807, 2.05) is 13.0 Å². The molecule has 9 heteroatoms. The molecule has 2 aromatic rings. The summed E-state index contributed by atoms with van der Waals surface area (Å²) < 4.78 is 20.1. The largest absolute Gasteiger partial charge is 0.437 e. The SMILES string of the molecule is C=CC(=C)CN(CC)C(=O)C(CCN1CCC2(CC1)OC(=O)N(C)c1ccc(F)cc12)c1ccc(Cl)c(Cl)c1. The lowest BCUT2D eigenvalue weighted by molar-refractivity contribution is -0.132. The summed E-state index contributed by atoms with van der Waals surface area (Å²) in [6.45, 7) is 12.5. The average molecular weight is 575 g/mol. The predicted octanol–water partition coefficient (Wildman–Crippen LogP) is 6.77. The Kier molecular flexibility index (Phi) is 9.04. The average Bonchev–Trinajstić information content (AvgIpc) is 2.93. The summed E-state index contributed by atoms with van der Waals surface area (Å²) in [6, 6.07) is 9.80. The van der Waals surface area contributed by atoms with Crippen LogP contribution in [-0.2, 0) is 15.1 Å². The van der Waals surface area contributed by atoms with E-state index in [0.29, 0.717) is 73.3 Å². The second-order valence-corrected chi connectivity index (χ2v) is 11.0. The number of rotatable bonds is 9. The highest BCUT2D eigenvalue weighted by Gasteiger charge is 2.46. The molecule has 2 heterocycles. The highest BCUT2D eigenvalue weighted by atomic mass is 35.5. The summed E-state index contributed by atoms with van der Waals surface area (Å²) >= 11 is 12.5. The molecule has 208 valence electrons. The summed E-state index contributed by atoms with van der Waals surface area (Å²) in [5, 5.41) is 0.838. The van der Waals surface area contributed by atoms with Crippen LogP contribution >= 0.6 is 23.2 Å². The summed E-state index contributed by atoms with van der Waals surface area (Å²) in [7, 11) is 1.63. The van der Waals surface area contributed by atoms with Gasteiger partial charge < -0.3 is 14.5 Å². The molecule has 2 aliphatic rings. The number of benzene rings is 2. The van der Waals surface area contributed by atoms with Gasteiger partial charge in [0.15, 0.2) is 0 Å². The lowest BCUT2D eigenvalue weighted by Gasteiger charge is -2.46. The van der Waals surface area contributed by atoms with Crippen molar-refractivity contribution in [3.8, 4) is 0 Å². The Morgan fingerprint density at radius 3 is 2.56 bits per heavy atom. The molecule has 0 radical (unpaired) electrons. The molecule has 1 spiro atoms. The van der Waals surface area contributed by atoms with Gasteiger partial charge in [-0.25, -0.2) is 9.18 Å². The third-order valence-corrected chi connectivity index (χ3v) is 8.52. The maximum absolute atomic E-state index is 14.2. The lowest BCUT2D eigenvalue weighted by Crippen LogP contribution is -2.51. The number of hydrogen-bond donors (Lipinski definition) is 0. The highest BCUT2D eigenvalue weighted by Crippen LogP contribution is 2.45. The third-order valence-electron chi connectivity index (χ3n) is 7.79. The number of nitrogens with zero attached hydrogens (tertiary/aromatic N) is 3. The normalized spacial score (nSPS) is 17.4. The number of likely N-dealkylation sites (tertiary alicyclic amines) is 1. The highest BCUT2D eigenvalue weighted by molar-refractivity contribution is 6.42. The Morgan fingerprint density at radius 2 is 1.92 bits per heavy atom. The monoisotopic (exact) mass is 573 g/mol. The maximum atomic E-state index is 14.2. The maximum Gasteiger partial charge on any atom is 0.414 e. The van der Waals surface area contributed by atoms with Crippen LogP contribution in [0, 0.1) is 5.82 Å². The second-order valence-electron chi connectivity index (χ2n) is 10.2. The van der Waals surface area contributed by atoms with E-state index in [9.17, 15) is 14.0 Å². The molecule has 2 aliphatic heterocycles. The number of hydrogen-bond acceptors (Lipinski definition) is 4. The molecule has 4 rings (SSSR count). The number of likely N-dealkylation sites (N-methyl/N-ethyl adjacent to an activating group) is 1. The first-order valence-electron chi connectivity index (χ1n) is 13.1. The fourth-order valence-corrected chi connectivity index (χ4v) is 5.72. The van der Waals surface area contributed by atoms with E-state index in [1.54, 1.807) is 36.2 Å².